The Kier molecular flexibility index (Phi) is 4.40. The summed E-state index contributed by atoms with van der Waals surface area (Å²) in [5, 5.41) is 11.7. The van der Waals surface area contributed by atoms with Crippen molar-refractivity contribution in [1.82, 2.24) is 15.1 Å². The van der Waals surface area contributed by atoms with E-state index < -0.39 is 0 Å². The number of aromatic nitrogens is 2. The Hall–Kier alpha value is -2.41. The summed E-state index contributed by atoms with van der Waals surface area (Å²) in [5.41, 5.74) is 1.26. The summed E-state index contributed by atoms with van der Waals surface area (Å²) < 4.78 is 11.5. The van der Waals surface area contributed by atoms with Crippen molar-refractivity contribution in [2.24, 2.45) is 0 Å². The first kappa shape index (κ1) is 17.0. The highest BCUT2D eigenvalue weighted by atomic mass is 16.5. The second-order valence-electron chi connectivity index (χ2n) is 7.32. The van der Waals surface area contributed by atoms with E-state index in [0.29, 0.717) is 24.5 Å². The average molecular weight is 356 g/mol. The summed E-state index contributed by atoms with van der Waals surface area (Å²) in [4.78, 5) is 14.7. The number of aryl methyl sites for hydroxylation is 2. The van der Waals surface area contributed by atoms with E-state index in [1.807, 2.05) is 30.9 Å². The van der Waals surface area contributed by atoms with Gasteiger partial charge >= 0.3 is 0 Å². The highest BCUT2D eigenvalue weighted by Gasteiger charge is 2.44. The second-order valence-corrected chi connectivity index (χ2v) is 7.32. The van der Waals surface area contributed by atoms with Gasteiger partial charge in [-0.2, -0.15) is 5.10 Å². The van der Waals surface area contributed by atoms with Crippen LogP contribution in [0.15, 0.2) is 28.9 Å². The Balaban J connectivity index is 1.41. The topological polar surface area (TPSA) is 80.5 Å². The third kappa shape index (κ3) is 3.31. The lowest BCUT2D eigenvalue weighted by Crippen LogP contribution is -2.50. The van der Waals surface area contributed by atoms with Gasteiger partial charge in [0.15, 0.2) is 0 Å². The van der Waals surface area contributed by atoms with Crippen LogP contribution in [0.25, 0.3) is 0 Å². The number of rotatable bonds is 3. The van der Waals surface area contributed by atoms with E-state index in [2.05, 4.69) is 15.5 Å². The predicted molar refractivity (Wildman–Crippen MR) is 96.1 cm³/mol. The van der Waals surface area contributed by atoms with Crippen LogP contribution in [0, 0.1) is 13.8 Å². The zero-order valence-electron chi connectivity index (χ0n) is 15.2. The van der Waals surface area contributed by atoms with Gasteiger partial charge in [-0.05, 0) is 44.9 Å². The molecular formula is C19H24N4O3. The summed E-state index contributed by atoms with van der Waals surface area (Å²) in [6.45, 7) is 5.73. The van der Waals surface area contributed by atoms with Gasteiger partial charge in [0.05, 0.1) is 42.3 Å². The number of carbonyl (C=O) groups excluding carboxylic acids is 1. The van der Waals surface area contributed by atoms with Crippen LogP contribution in [0.2, 0.25) is 0 Å². The summed E-state index contributed by atoms with van der Waals surface area (Å²) in [6.07, 6.45) is 4.34. The van der Waals surface area contributed by atoms with Gasteiger partial charge in [-0.1, -0.05) is 0 Å². The molecule has 26 heavy (non-hydrogen) atoms. The van der Waals surface area contributed by atoms with Crippen LogP contribution >= 0.6 is 0 Å². The molecule has 4 rings (SSSR count). The standard InChI is InChI=1S/C19H24N4O3/c1-13-4-5-17(22-21-13)20-15-10-19(26-11-15)7-3-8-23(12-19)18(24)16-6-9-25-14(16)2/h4-6,9,15H,3,7-8,10-12H2,1-2H3,(H,20,22)/t15-,19-/m1/s1. The number of furan rings is 1. The molecule has 138 valence electrons. The van der Waals surface area contributed by atoms with Crippen molar-refractivity contribution in [2.75, 3.05) is 25.0 Å². The highest BCUT2D eigenvalue weighted by Crippen LogP contribution is 2.36. The fourth-order valence-corrected chi connectivity index (χ4v) is 3.96. The molecule has 0 bridgehead atoms. The molecule has 0 aliphatic carbocycles. The molecule has 2 aliphatic rings. The zero-order valence-corrected chi connectivity index (χ0v) is 15.2. The van der Waals surface area contributed by atoms with Crippen molar-refractivity contribution in [3.05, 3.63) is 41.5 Å². The maximum atomic E-state index is 12.8. The smallest absolute Gasteiger partial charge is 0.257 e. The molecule has 1 amide bonds. The number of amides is 1. The van der Waals surface area contributed by atoms with Crippen molar-refractivity contribution in [3.8, 4) is 0 Å². The monoisotopic (exact) mass is 356 g/mol. The Morgan fingerprint density at radius 2 is 2.19 bits per heavy atom. The Labute approximate surface area is 152 Å². The minimum Gasteiger partial charge on any atom is -0.469 e. The van der Waals surface area contributed by atoms with Crippen LogP contribution in [0.4, 0.5) is 5.82 Å². The van der Waals surface area contributed by atoms with Crippen LogP contribution in [0.1, 0.15) is 41.1 Å². The van der Waals surface area contributed by atoms with Crippen molar-refractivity contribution >= 4 is 11.7 Å². The number of carbonyl (C=O) groups is 1. The molecule has 7 heteroatoms. The first-order valence-electron chi connectivity index (χ1n) is 9.09. The largest absolute Gasteiger partial charge is 0.469 e. The van der Waals surface area contributed by atoms with E-state index in [-0.39, 0.29) is 17.6 Å². The fourth-order valence-electron chi connectivity index (χ4n) is 3.96. The van der Waals surface area contributed by atoms with Gasteiger partial charge in [-0.15, -0.1) is 5.10 Å². The summed E-state index contributed by atoms with van der Waals surface area (Å²) in [5.74, 6) is 1.46. The minimum atomic E-state index is -0.276. The zero-order chi connectivity index (χ0) is 18.1. The lowest BCUT2D eigenvalue weighted by molar-refractivity contribution is -0.0447. The summed E-state index contributed by atoms with van der Waals surface area (Å²) in [6, 6.07) is 5.80. The molecule has 0 unspecified atom stereocenters. The molecule has 2 aromatic heterocycles. The number of nitrogens with one attached hydrogen (secondary N) is 1. The summed E-state index contributed by atoms with van der Waals surface area (Å²) in [7, 11) is 0. The number of ether oxygens (including phenoxy) is 1. The molecule has 0 saturated carbocycles. The SMILES string of the molecule is Cc1ccc(N[C@H]2CO[C@]3(CCCN(C(=O)c4ccoc4C)C3)C2)nn1. The van der Waals surface area contributed by atoms with E-state index in [9.17, 15) is 4.79 Å². The molecule has 2 aliphatic heterocycles. The molecule has 4 heterocycles. The molecule has 7 nitrogen and oxygen atoms in total. The lowest BCUT2D eigenvalue weighted by Gasteiger charge is -2.39. The first-order chi connectivity index (χ1) is 12.5. The maximum absolute atomic E-state index is 12.8. The maximum Gasteiger partial charge on any atom is 0.257 e. The molecule has 1 spiro atoms. The number of piperidine rings is 1. The van der Waals surface area contributed by atoms with Gasteiger partial charge in [0.2, 0.25) is 0 Å². The first-order valence-corrected chi connectivity index (χ1v) is 9.09. The number of hydrogen-bond donors (Lipinski definition) is 1. The summed E-state index contributed by atoms with van der Waals surface area (Å²) >= 11 is 0. The van der Waals surface area contributed by atoms with Crippen molar-refractivity contribution in [2.45, 2.75) is 44.8 Å². The molecule has 2 saturated heterocycles. The molecule has 0 aromatic carbocycles. The van der Waals surface area contributed by atoms with Crippen molar-refractivity contribution in [1.29, 1.82) is 0 Å². The van der Waals surface area contributed by atoms with Crippen LogP contribution in [0.5, 0.6) is 0 Å². The van der Waals surface area contributed by atoms with E-state index in [0.717, 1.165) is 37.3 Å². The molecule has 2 atom stereocenters. The van der Waals surface area contributed by atoms with Gasteiger partial charge in [-0.25, -0.2) is 0 Å². The van der Waals surface area contributed by atoms with Crippen molar-refractivity contribution < 1.29 is 13.9 Å². The van der Waals surface area contributed by atoms with E-state index in [1.54, 1.807) is 12.3 Å². The van der Waals surface area contributed by atoms with Crippen LogP contribution in [-0.4, -0.2) is 52.3 Å². The molecule has 2 aromatic rings. The Bertz CT molecular complexity index is 788. The molecular weight excluding hydrogens is 332 g/mol. The number of likely N-dealkylation sites (tertiary alicyclic amines) is 1. The average Bonchev–Trinajstić information content (AvgIpc) is 3.23. The Morgan fingerprint density at radius 1 is 1.31 bits per heavy atom. The van der Waals surface area contributed by atoms with Gasteiger partial charge in [-0.3, -0.25) is 4.79 Å². The number of hydrogen-bond acceptors (Lipinski definition) is 6. The van der Waals surface area contributed by atoms with Gasteiger partial charge in [0.1, 0.15) is 11.6 Å². The Morgan fingerprint density at radius 3 is 2.92 bits per heavy atom. The third-order valence-electron chi connectivity index (χ3n) is 5.27. The molecule has 2 fully saturated rings. The van der Waals surface area contributed by atoms with Gasteiger partial charge in [0, 0.05) is 13.0 Å². The lowest BCUT2D eigenvalue weighted by atomic mass is 9.88. The second kappa shape index (κ2) is 6.72. The van der Waals surface area contributed by atoms with Crippen LogP contribution < -0.4 is 5.32 Å². The fraction of sp³-hybridized carbons (Fsp3) is 0.526. The van der Waals surface area contributed by atoms with Gasteiger partial charge < -0.3 is 19.4 Å². The third-order valence-corrected chi connectivity index (χ3v) is 5.27. The van der Waals surface area contributed by atoms with E-state index >= 15 is 0 Å². The van der Waals surface area contributed by atoms with Gasteiger partial charge in [0.25, 0.3) is 5.91 Å². The van der Waals surface area contributed by atoms with Crippen LogP contribution in [-0.2, 0) is 4.74 Å². The van der Waals surface area contributed by atoms with Crippen LogP contribution in [0.3, 0.4) is 0 Å². The van der Waals surface area contributed by atoms with Crippen molar-refractivity contribution in [3.63, 3.8) is 0 Å². The van der Waals surface area contributed by atoms with E-state index in [1.165, 1.54) is 0 Å². The predicted octanol–water partition coefficient (Wildman–Crippen LogP) is 2.56. The molecule has 1 N–H and O–H groups in total. The quantitative estimate of drug-likeness (QED) is 0.910. The molecule has 0 radical (unpaired) electrons. The number of anilines is 1. The van der Waals surface area contributed by atoms with E-state index in [4.69, 9.17) is 9.15 Å². The number of nitrogens with zero attached hydrogens (tertiary/aromatic N) is 3. The normalized spacial score (nSPS) is 25.6. The highest BCUT2D eigenvalue weighted by molar-refractivity contribution is 5.95. The minimum absolute atomic E-state index is 0.0275.